The number of amides is 1. The van der Waals surface area contributed by atoms with Crippen molar-refractivity contribution in [1.29, 1.82) is 0 Å². The Morgan fingerprint density at radius 1 is 1.12 bits per heavy atom. The van der Waals surface area contributed by atoms with E-state index in [1.54, 1.807) is 16.7 Å². The van der Waals surface area contributed by atoms with E-state index in [0.29, 0.717) is 12.3 Å². The Labute approximate surface area is 154 Å². The lowest BCUT2D eigenvalue weighted by Gasteiger charge is -2.27. The molecule has 0 saturated carbocycles. The van der Waals surface area contributed by atoms with Gasteiger partial charge in [0.2, 0.25) is 5.91 Å². The fourth-order valence-corrected chi connectivity index (χ4v) is 4.24. The smallest absolute Gasteiger partial charge is 0.233 e. The average molecular weight is 356 g/mol. The molecule has 0 aliphatic carbocycles. The van der Waals surface area contributed by atoms with Crippen LogP contribution in [0.3, 0.4) is 0 Å². The first-order valence-electron chi connectivity index (χ1n) is 8.61. The molecule has 1 amide bonds. The van der Waals surface area contributed by atoms with Gasteiger partial charge in [0.05, 0.1) is 18.4 Å². The minimum absolute atomic E-state index is 0.0279. The summed E-state index contributed by atoms with van der Waals surface area (Å²) in [7, 11) is 0. The molecule has 0 aromatic heterocycles. The molecule has 2 atom stereocenters. The van der Waals surface area contributed by atoms with Gasteiger partial charge < -0.3 is 10.0 Å². The first kappa shape index (κ1) is 18.0. The molecule has 2 aromatic carbocycles. The molecule has 0 radical (unpaired) electrons. The third-order valence-corrected chi connectivity index (χ3v) is 5.84. The van der Waals surface area contributed by atoms with Crippen LogP contribution < -0.4 is 0 Å². The third kappa shape index (κ3) is 4.07. The van der Waals surface area contributed by atoms with Crippen molar-refractivity contribution in [2.75, 3.05) is 12.3 Å². The Kier molecular flexibility index (Phi) is 5.21. The van der Waals surface area contributed by atoms with Crippen molar-refractivity contribution in [3.63, 3.8) is 0 Å². The van der Waals surface area contributed by atoms with E-state index < -0.39 is 6.10 Å². The molecule has 1 heterocycles. The van der Waals surface area contributed by atoms with Crippen LogP contribution in [-0.4, -0.2) is 28.2 Å². The summed E-state index contributed by atoms with van der Waals surface area (Å²) >= 11 is 1.63. The predicted molar refractivity (Wildman–Crippen MR) is 103 cm³/mol. The summed E-state index contributed by atoms with van der Waals surface area (Å²) in [6.45, 7) is 6.90. The molecule has 1 aliphatic heterocycles. The van der Waals surface area contributed by atoms with E-state index in [0.717, 1.165) is 11.1 Å². The van der Waals surface area contributed by atoms with Gasteiger partial charge in [0.25, 0.3) is 0 Å². The summed E-state index contributed by atoms with van der Waals surface area (Å²) < 4.78 is 0. The standard InChI is InChI=1S/C21H25NO2S/c1-21(2,3)17-11-9-16(10-12-17)20-22(19(24)14-25-20)13-18(23)15-7-5-4-6-8-15/h4-12,18,20,23H,13-14H2,1-3H3/t18-,20+/m0/s1. The Morgan fingerprint density at radius 3 is 2.36 bits per heavy atom. The molecule has 0 spiro atoms. The number of aliphatic hydroxyl groups is 1. The van der Waals surface area contributed by atoms with E-state index in [2.05, 4.69) is 45.0 Å². The maximum atomic E-state index is 12.3. The van der Waals surface area contributed by atoms with Crippen molar-refractivity contribution in [1.82, 2.24) is 4.90 Å². The Hall–Kier alpha value is -1.78. The molecule has 1 fully saturated rings. The molecule has 1 saturated heterocycles. The molecule has 3 rings (SSSR count). The molecule has 1 aliphatic rings. The number of nitrogens with zero attached hydrogens (tertiary/aromatic N) is 1. The van der Waals surface area contributed by atoms with E-state index in [1.807, 2.05) is 30.3 Å². The quantitative estimate of drug-likeness (QED) is 0.889. The highest BCUT2D eigenvalue weighted by atomic mass is 32.2. The van der Waals surface area contributed by atoms with Crippen LogP contribution in [0.2, 0.25) is 0 Å². The SMILES string of the molecule is CC(C)(C)c1ccc([C@H]2SCC(=O)N2C[C@H](O)c2ccccc2)cc1. The van der Waals surface area contributed by atoms with Crippen LogP contribution in [0, 0.1) is 0 Å². The zero-order valence-corrected chi connectivity index (χ0v) is 15.8. The first-order valence-corrected chi connectivity index (χ1v) is 9.65. The summed E-state index contributed by atoms with van der Waals surface area (Å²) in [6, 6.07) is 18.0. The number of benzene rings is 2. The van der Waals surface area contributed by atoms with E-state index in [1.165, 1.54) is 5.56 Å². The number of aliphatic hydroxyl groups excluding tert-OH is 1. The zero-order chi connectivity index (χ0) is 18.0. The van der Waals surface area contributed by atoms with Crippen LogP contribution in [0.1, 0.15) is 48.9 Å². The average Bonchev–Trinajstić information content (AvgIpc) is 2.96. The number of carbonyl (C=O) groups is 1. The number of hydrogen-bond donors (Lipinski definition) is 1. The molecule has 0 unspecified atom stereocenters. The van der Waals surface area contributed by atoms with Crippen LogP contribution >= 0.6 is 11.8 Å². The van der Waals surface area contributed by atoms with Gasteiger partial charge in [-0.1, -0.05) is 75.4 Å². The lowest BCUT2D eigenvalue weighted by atomic mass is 9.86. The van der Waals surface area contributed by atoms with Crippen molar-refractivity contribution in [3.8, 4) is 0 Å². The summed E-state index contributed by atoms with van der Waals surface area (Å²) in [4.78, 5) is 14.1. The molecule has 25 heavy (non-hydrogen) atoms. The van der Waals surface area contributed by atoms with Crippen molar-refractivity contribution in [2.45, 2.75) is 37.7 Å². The van der Waals surface area contributed by atoms with Gasteiger partial charge in [-0.15, -0.1) is 11.8 Å². The molecule has 132 valence electrons. The van der Waals surface area contributed by atoms with Gasteiger partial charge in [-0.3, -0.25) is 4.79 Å². The molecule has 0 bridgehead atoms. The normalized spacial score (nSPS) is 19.3. The summed E-state index contributed by atoms with van der Waals surface area (Å²) in [6.07, 6.45) is -0.666. The predicted octanol–water partition coefficient (Wildman–Crippen LogP) is 4.29. The van der Waals surface area contributed by atoms with Crippen LogP contribution in [0.4, 0.5) is 0 Å². The van der Waals surface area contributed by atoms with Gasteiger partial charge in [-0.05, 0) is 22.1 Å². The Bertz CT molecular complexity index is 722. The van der Waals surface area contributed by atoms with Crippen molar-refractivity contribution in [3.05, 3.63) is 71.3 Å². The van der Waals surface area contributed by atoms with Crippen LogP contribution in [0.25, 0.3) is 0 Å². The molecule has 2 aromatic rings. The first-order chi connectivity index (χ1) is 11.9. The summed E-state index contributed by atoms with van der Waals surface area (Å²) in [5.74, 6) is 0.553. The molecule has 3 nitrogen and oxygen atoms in total. The van der Waals surface area contributed by atoms with Crippen LogP contribution in [0.15, 0.2) is 54.6 Å². The van der Waals surface area contributed by atoms with Gasteiger partial charge in [-0.25, -0.2) is 0 Å². The number of β-amino-alcohol motifs (C(OH)–C–C–N with tert-alkyl or cyclic N) is 1. The maximum Gasteiger partial charge on any atom is 0.233 e. The lowest BCUT2D eigenvalue weighted by molar-refractivity contribution is -0.129. The minimum atomic E-state index is -0.666. The van der Waals surface area contributed by atoms with Crippen molar-refractivity contribution < 1.29 is 9.90 Å². The minimum Gasteiger partial charge on any atom is -0.387 e. The number of carbonyl (C=O) groups excluding carboxylic acids is 1. The number of hydrogen-bond acceptors (Lipinski definition) is 3. The zero-order valence-electron chi connectivity index (χ0n) is 15.0. The highest BCUT2D eigenvalue weighted by Gasteiger charge is 2.34. The van der Waals surface area contributed by atoms with E-state index in [-0.39, 0.29) is 16.7 Å². The topological polar surface area (TPSA) is 40.5 Å². The molecular formula is C21H25NO2S. The fraction of sp³-hybridized carbons (Fsp3) is 0.381. The van der Waals surface area contributed by atoms with Crippen molar-refractivity contribution in [2.24, 2.45) is 0 Å². The fourth-order valence-electron chi connectivity index (χ4n) is 3.04. The largest absolute Gasteiger partial charge is 0.387 e. The van der Waals surface area contributed by atoms with Gasteiger partial charge in [-0.2, -0.15) is 0 Å². The number of thioether (sulfide) groups is 1. The second-order valence-electron chi connectivity index (χ2n) is 7.51. The second-order valence-corrected chi connectivity index (χ2v) is 8.58. The van der Waals surface area contributed by atoms with Gasteiger partial charge in [0.15, 0.2) is 0 Å². The monoisotopic (exact) mass is 355 g/mol. The molecule has 1 N–H and O–H groups in total. The Balaban J connectivity index is 1.78. The van der Waals surface area contributed by atoms with Crippen LogP contribution in [-0.2, 0) is 10.2 Å². The highest BCUT2D eigenvalue weighted by molar-refractivity contribution is 8.00. The van der Waals surface area contributed by atoms with Gasteiger partial charge in [0, 0.05) is 0 Å². The summed E-state index contributed by atoms with van der Waals surface area (Å²) in [5.41, 5.74) is 3.35. The Morgan fingerprint density at radius 2 is 1.76 bits per heavy atom. The highest BCUT2D eigenvalue weighted by Crippen LogP contribution is 2.40. The number of rotatable bonds is 4. The summed E-state index contributed by atoms with van der Waals surface area (Å²) in [5, 5.41) is 10.5. The lowest BCUT2D eigenvalue weighted by Crippen LogP contribution is -2.32. The third-order valence-electron chi connectivity index (χ3n) is 4.58. The maximum absolute atomic E-state index is 12.3. The van der Waals surface area contributed by atoms with E-state index >= 15 is 0 Å². The second kappa shape index (κ2) is 7.22. The van der Waals surface area contributed by atoms with E-state index in [4.69, 9.17) is 0 Å². The van der Waals surface area contributed by atoms with Gasteiger partial charge >= 0.3 is 0 Å². The van der Waals surface area contributed by atoms with Crippen molar-refractivity contribution >= 4 is 17.7 Å². The molecule has 4 heteroatoms. The van der Waals surface area contributed by atoms with E-state index in [9.17, 15) is 9.90 Å². The van der Waals surface area contributed by atoms with Gasteiger partial charge in [0.1, 0.15) is 5.37 Å². The molecular weight excluding hydrogens is 330 g/mol. The van der Waals surface area contributed by atoms with Crippen LogP contribution in [0.5, 0.6) is 0 Å².